The fourth-order valence-electron chi connectivity index (χ4n) is 1.78. The average molecular weight is 281 g/mol. The molecule has 0 unspecified atom stereocenters. The van der Waals surface area contributed by atoms with Gasteiger partial charge in [0.15, 0.2) is 0 Å². The molecule has 2 nitrogen and oxygen atoms in total. The normalized spacial score (nSPS) is 12.3. The van der Waals surface area contributed by atoms with Crippen LogP contribution in [-0.2, 0) is 13.0 Å². The maximum absolute atomic E-state index is 13.1. The van der Waals surface area contributed by atoms with Gasteiger partial charge in [-0.05, 0) is 18.2 Å². The summed E-state index contributed by atoms with van der Waals surface area (Å²) in [6.45, 7) is -1.20. The molecule has 0 bridgehead atoms. The monoisotopic (exact) mass is 280 g/mol. The number of nitrogens with zero attached hydrogens (tertiary/aromatic N) is 2. The van der Waals surface area contributed by atoms with Crippen LogP contribution in [0, 0.1) is 5.82 Å². The van der Waals surface area contributed by atoms with E-state index in [9.17, 15) is 17.6 Å². The molecule has 0 N–H and O–H groups in total. The first-order valence-electron chi connectivity index (χ1n) is 5.18. The Labute approximate surface area is 105 Å². The van der Waals surface area contributed by atoms with Gasteiger partial charge in [-0.2, -0.15) is 13.2 Å². The number of aryl methyl sites for hydroxylation is 1. The van der Waals surface area contributed by atoms with Gasteiger partial charge in [0.05, 0.1) is 11.0 Å². The van der Waals surface area contributed by atoms with Crippen molar-refractivity contribution in [3.05, 3.63) is 29.8 Å². The van der Waals surface area contributed by atoms with E-state index in [-0.39, 0.29) is 23.6 Å². The van der Waals surface area contributed by atoms with Gasteiger partial charge in [0.25, 0.3) is 0 Å². The van der Waals surface area contributed by atoms with Gasteiger partial charge in [-0.1, -0.05) is 0 Å². The number of hydrogen-bond acceptors (Lipinski definition) is 1. The molecule has 0 saturated carbocycles. The second kappa shape index (κ2) is 4.76. The molecular formula is C11H9ClF4N2. The summed E-state index contributed by atoms with van der Waals surface area (Å²) in [4.78, 5) is 4.04. The lowest BCUT2D eigenvalue weighted by atomic mass is 10.3. The molecule has 18 heavy (non-hydrogen) atoms. The maximum atomic E-state index is 13.1. The van der Waals surface area contributed by atoms with E-state index in [0.29, 0.717) is 5.52 Å². The van der Waals surface area contributed by atoms with Crippen LogP contribution in [0.5, 0.6) is 0 Å². The Bertz CT molecular complexity index is 562. The summed E-state index contributed by atoms with van der Waals surface area (Å²) in [5.41, 5.74) is 0.466. The number of benzene rings is 1. The molecular weight excluding hydrogens is 272 g/mol. The minimum absolute atomic E-state index is 0.132. The number of alkyl halides is 4. The van der Waals surface area contributed by atoms with E-state index in [0.717, 1.165) is 16.7 Å². The van der Waals surface area contributed by atoms with Gasteiger partial charge in [0.2, 0.25) is 0 Å². The lowest BCUT2D eigenvalue weighted by Gasteiger charge is -2.11. The van der Waals surface area contributed by atoms with Crippen LogP contribution >= 0.6 is 11.6 Å². The lowest BCUT2D eigenvalue weighted by molar-refractivity contribution is -0.140. The van der Waals surface area contributed by atoms with Crippen molar-refractivity contribution in [1.29, 1.82) is 0 Å². The second-order valence-electron chi connectivity index (χ2n) is 3.80. The quantitative estimate of drug-likeness (QED) is 0.621. The molecule has 2 aromatic rings. The van der Waals surface area contributed by atoms with Gasteiger partial charge in [-0.25, -0.2) is 9.37 Å². The molecule has 0 aliphatic carbocycles. The Hall–Kier alpha value is -1.30. The minimum atomic E-state index is -4.39. The number of rotatable bonds is 3. The highest BCUT2D eigenvalue weighted by molar-refractivity contribution is 6.17. The molecule has 7 heteroatoms. The first-order valence-corrected chi connectivity index (χ1v) is 5.71. The van der Waals surface area contributed by atoms with E-state index in [2.05, 4.69) is 4.98 Å². The predicted molar refractivity (Wildman–Crippen MR) is 60.2 cm³/mol. The molecule has 1 aromatic carbocycles. The summed E-state index contributed by atoms with van der Waals surface area (Å²) >= 11 is 5.53. The predicted octanol–water partition coefficient (Wildman–Crippen LogP) is 3.52. The summed E-state index contributed by atoms with van der Waals surface area (Å²) in [5.74, 6) is -0.227. The van der Waals surface area contributed by atoms with Gasteiger partial charge >= 0.3 is 6.18 Å². The van der Waals surface area contributed by atoms with Crippen LogP contribution in [0.15, 0.2) is 18.2 Å². The van der Waals surface area contributed by atoms with E-state index < -0.39 is 18.5 Å². The number of imidazole rings is 1. The van der Waals surface area contributed by atoms with Crippen molar-refractivity contribution in [3.63, 3.8) is 0 Å². The molecule has 0 spiro atoms. The van der Waals surface area contributed by atoms with Gasteiger partial charge in [0, 0.05) is 12.3 Å². The molecule has 1 heterocycles. The first kappa shape index (κ1) is 13.1. The largest absolute Gasteiger partial charge is 0.406 e. The number of aromatic nitrogens is 2. The lowest BCUT2D eigenvalue weighted by Crippen LogP contribution is -2.19. The van der Waals surface area contributed by atoms with Gasteiger partial charge in [-0.15, -0.1) is 11.6 Å². The summed E-state index contributed by atoms with van der Waals surface area (Å²) in [6.07, 6.45) is -4.19. The topological polar surface area (TPSA) is 17.8 Å². The molecule has 0 aliphatic rings. The van der Waals surface area contributed by atoms with Gasteiger partial charge in [-0.3, -0.25) is 0 Å². The second-order valence-corrected chi connectivity index (χ2v) is 4.18. The standard InChI is InChI=1S/C11H9ClF4N2/c12-4-3-10-17-8-2-1-7(13)5-9(8)18(10)6-11(14,15)16/h1-2,5H,3-4,6H2. The summed E-state index contributed by atoms with van der Waals surface area (Å²) in [5, 5.41) is 0. The number of hydrogen-bond donors (Lipinski definition) is 0. The molecule has 2 rings (SSSR count). The first-order chi connectivity index (χ1) is 8.40. The van der Waals surface area contributed by atoms with Crippen LogP contribution in [-0.4, -0.2) is 21.6 Å². The molecule has 0 fully saturated rings. The van der Waals surface area contributed by atoms with Gasteiger partial charge in [0.1, 0.15) is 18.2 Å². The van der Waals surface area contributed by atoms with Crippen molar-refractivity contribution >= 4 is 22.6 Å². The highest BCUT2D eigenvalue weighted by Gasteiger charge is 2.30. The van der Waals surface area contributed by atoms with Crippen molar-refractivity contribution < 1.29 is 17.6 Å². The Kier molecular flexibility index (Phi) is 3.47. The third-order valence-electron chi connectivity index (χ3n) is 2.44. The number of fused-ring (bicyclic) bond motifs is 1. The molecule has 0 atom stereocenters. The molecule has 98 valence electrons. The summed E-state index contributed by atoms with van der Waals surface area (Å²) in [6, 6.07) is 3.57. The van der Waals surface area contributed by atoms with Crippen LogP contribution in [0.25, 0.3) is 11.0 Å². The SMILES string of the molecule is Fc1ccc2nc(CCCl)n(CC(F)(F)F)c2c1. The zero-order chi connectivity index (χ0) is 13.3. The van der Waals surface area contributed by atoms with Crippen LogP contribution in [0.3, 0.4) is 0 Å². The Morgan fingerprint density at radius 2 is 2.00 bits per heavy atom. The van der Waals surface area contributed by atoms with E-state index in [1.807, 2.05) is 0 Å². The molecule has 0 saturated heterocycles. The number of halogens is 5. The van der Waals surface area contributed by atoms with Crippen molar-refractivity contribution in [2.75, 3.05) is 5.88 Å². The summed E-state index contributed by atoms with van der Waals surface area (Å²) < 4.78 is 51.5. The molecule has 1 aromatic heterocycles. The van der Waals surface area contributed by atoms with E-state index >= 15 is 0 Å². The Morgan fingerprint density at radius 3 is 2.61 bits per heavy atom. The van der Waals surface area contributed by atoms with Crippen LogP contribution in [0.4, 0.5) is 17.6 Å². The van der Waals surface area contributed by atoms with Crippen molar-refractivity contribution in [3.8, 4) is 0 Å². The highest BCUT2D eigenvalue weighted by atomic mass is 35.5. The summed E-state index contributed by atoms with van der Waals surface area (Å²) in [7, 11) is 0. The average Bonchev–Trinajstić information content (AvgIpc) is 2.56. The minimum Gasteiger partial charge on any atom is -0.319 e. The molecule has 0 radical (unpaired) electrons. The highest BCUT2D eigenvalue weighted by Crippen LogP contribution is 2.24. The van der Waals surface area contributed by atoms with Crippen LogP contribution in [0.2, 0.25) is 0 Å². The van der Waals surface area contributed by atoms with Gasteiger partial charge < -0.3 is 4.57 Å². The zero-order valence-electron chi connectivity index (χ0n) is 9.14. The Morgan fingerprint density at radius 1 is 1.28 bits per heavy atom. The molecule has 0 aliphatic heterocycles. The Balaban J connectivity index is 2.57. The van der Waals surface area contributed by atoms with E-state index in [4.69, 9.17) is 11.6 Å². The zero-order valence-corrected chi connectivity index (χ0v) is 9.89. The van der Waals surface area contributed by atoms with E-state index in [1.165, 1.54) is 6.07 Å². The van der Waals surface area contributed by atoms with E-state index in [1.54, 1.807) is 0 Å². The molecule has 0 amide bonds. The van der Waals surface area contributed by atoms with Crippen LogP contribution in [0.1, 0.15) is 5.82 Å². The fraction of sp³-hybridized carbons (Fsp3) is 0.364. The van der Waals surface area contributed by atoms with Crippen molar-refractivity contribution in [2.24, 2.45) is 0 Å². The smallest absolute Gasteiger partial charge is 0.319 e. The fourth-order valence-corrected chi connectivity index (χ4v) is 1.95. The third kappa shape index (κ3) is 2.75. The third-order valence-corrected chi connectivity index (χ3v) is 2.63. The van der Waals surface area contributed by atoms with Crippen molar-refractivity contribution in [1.82, 2.24) is 9.55 Å². The maximum Gasteiger partial charge on any atom is 0.406 e. The van der Waals surface area contributed by atoms with Crippen molar-refractivity contribution in [2.45, 2.75) is 19.1 Å². The van der Waals surface area contributed by atoms with Crippen LogP contribution < -0.4 is 0 Å².